The summed E-state index contributed by atoms with van der Waals surface area (Å²) in [5.74, 6) is -2.17. The minimum absolute atomic E-state index is 0.0748. The number of hydrogen-bond donors (Lipinski definition) is 3. The Bertz CT molecular complexity index is 2210. The molecular weight excluding hydrogens is 1330 g/mol. The number of esters is 4. The lowest BCUT2D eigenvalue weighted by molar-refractivity contribution is -0.161. The lowest BCUT2D eigenvalue weighted by Gasteiger charge is -2.21. The third kappa shape index (κ3) is 74.8. The number of carbonyl (C=O) groups excluding carboxylic acids is 4. The van der Waals surface area contributed by atoms with Crippen LogP contribution in [0.25, 0.3) is 0 Å². The molecule has 5 atom stereocenters. The molecular formula is C83H150O17P2. The topological polar surface area (TPSA) is 237 Å². The molecule has 17 nitrogen and oxygen atoms in total. The summed E-state index contributed by atoms with van der Waals surface area (Å²) in [6.07, 6.45) is 77.2. The first kappa shape index (κ1) is 98.5. The summed E-state index contributed by atoms with van der Waals surface area (Å²) < 4.78 is 68.7. The molecule has 19 heteroatoms. The van der Waals surface area contributed by atoms with Crippen molar-refractivity contribution in [1.82, 2.24) is 0 Å². The number of ether oxygens (including phenoxy) is 4. The van der Waals surface area contributed by atoms with Crippen LogP contribution in [0.4, 0.5) is 0 Å². The van der Waals surface area contributed by atoms with Gasteiger partial charge in [-0.15, -0.1) is 0 Å². The number of aliphatic hydroxyl groups is 1. The quantitative estimate of drug-likeness (QED) is 0.0169. The summed E-state index contributed by atoms with van der Waals surface area (Å²) in [4.78, 5) is 73.1. The molecule has 0 aromatic heterocycles. The monoisotopic (exact) mass is 1480 g/mol. The number of allylic oxidation sites excluding steroid dienone is 12. The molecule has 0 aliphatic carbocycles. The highest BCUT2D eigenvalue weighted by Gasteiger charge is 2.30. The van der Waals surface area contributed by atoms with Gasteiger partial charge in [0.2, 0.25) is 0 Å². The molecule has 0 aliphatic rings. The molecule has 102 heavy (non-hydrogen) atoms. The summed E-state index contributed by atoms with van der Waals surface area (Å²) in [5, 5.41) is 10.6. The second-order valence-electron chi connectivity index (χ2n) is 27.7. The Labute approximate surface area is 622 Å². The third-order valence-electron chi connectivity index (χ3n) is 17.7. The zero-order valence-corrected chi connectivity index (χ0v) is 66.8. The zero-order chi connectivity index (χ0) is 74.6. The summed E-state index contributed by atoms with van der Waals surface area (Å²) >= 11 is 0. The van der Waals surface area contributed by atoms with Gasteiger partial charge in [0.1, 0.15) is 19.3 Å². The second kappa shape index (κ2) is 75.7. The number of aliphatic hydroxyl groups excluding tert-OH is 1. The van der Waals surface area contributed by atoms with E-state index in [2.05, 4.69) is 101 Å². The Balaban J connectivity index is 5.33. The van der Waals surface area contributed by atoms with Crippen molar-refractivity contribution in [2.24, 2.45) is 0 Å². The average Bonchev–Trinajstić information content (AvgIpc) is 0.907. The van der Waals surface area contributed by atoms with Crippen LogP contribution in [-0.2, 0) is 65.4 Å². The Hall–Kier alpha value is -3.50. The predicted octanol–water partition coefficient (Wildman–Crippen LogP) is 24.0. The Morgan fingerprint density at radius 1 is 0.284 bits per heavy atom. The van der Waals surface area contributed by atoms with Crippen molar-refractivity contribution in [2.75, 3.05) is 39.6 Å². The molecule has 594 valence electrons. The first-order chi connectivity index (χ1) is 49.7. The molecule has 0 radical (unpaired) electrons. The third-order valence-corrected chi connectivity index (χ3v) is 19.6. The van der Waals surface area contributed by atoms with E-state index in [4.69, 9.17) is 37.0 Å². The second-order valence-corrected chi connectivity index (χ2v) is 30.6. The molecule has 3 N–H and O–H groups in total. The van der Waals surface area contributed by atoms with E-state index in [-0.39, 0.29) is 25.7 Å². The molecule has 5 unspecified atom stereocenters. The minimum atomic E-state index is -4.98. The van der Waals surface area contributed by atoms with Crippen molar-refractivity contribution in [2.45, 2.75) is 393 Å². The van der Waals surface area contributed by atoms with Crippen LogP contribution < -0.4 is 0 Å². The molecule has 0 saturated carbocycles. The number of phosphoric ester groups is 2. The average molecular weight is 1480 g/mol. The molecule has 0 amide bonds. The van der Waals surface area contributed by atoms with Crippen molar-refractivity contribution in [3.8, 4) is 0 Å². The van der Waals surface area contributed by atoms with Crippen LogP contribution in [0, 0.1) is 0 Å². The molecule has 0 aliphatic heterocycles. The van der Waals surface area contributed by atoms with Gasteiger partial charge in [0.25, 0.3) is 0 Å². The summed E-state index contributed by atoms with van der Waals surface area (Å²) in [6, 6.07) is 0. The van der Waals surface area contributed by atoms with E-state index in [9.17, 15) is 43.2 Å². The number of rotatable bonds is 78. The molecule has 0 fully saturated rings. The van der Waals surface area contributed by atoms with Crippen LogP contribution in [0.1, 0.15) is 374 Å². The van der Waals surface area contributed by atoms with E-state index >= 15 is 0 Å². The largest absolute Gasteiger partial charge is 0.472 e. The van der Waals surface area contributed by atoms with E-state index in [1.807, 2.05) is 0 Å². The lowest BCUT2D eigenvalue weighted by atomic mass is 10.0. The van der Waals surface area contributed by atoms with E-state index in [0.29, 0.717) is 25.7 Å². The van der Waals surface area contributed by atoms with Gasteiger partial charge in [-0.1, -0.05) is 325 Å². The van der Waals surface area contributed by atoms with Gasteiger partial charge in [-0.2, -0.15) is 0 Å². The first-order valence-electron chi connectivity index (χ1n) is 41.2. The maximum absolute atomic E-state index is 13.1. The van der Waals surface area contributed by atoms with Gasteiger partial charge in [-0.05, 0) is 96.3 Å². The highest BCUT2D eigenvalue weighted by Crippen LogP contribution is 2.45. The smallest absolute Gasteiger partial charge is 0.462 e. The molecule has 0 aromatic carbocycles. The van der Waals surface area contributed by atoms with Gasteiger partial charge in [0.15, 0.2) is 12.2 Å². The Morgan fingerprint density at radius 2 is 0.510 bits per heavy atom. The van der Waals surface area contributed by atoms with Crippen molar-refractivity contribution in [1.29, 1.82) is 0 Å². The lowest BCUT2D eigenvalue weighted by Crippen LogP contribution is -2.30. The fourth-order valence-electron chi connectivity index (χ4n) is 11.4. The zero-order valence-electron chi connectivity index (χ0n) is 65.0. The van der Waals surface area contributed by atoms with Crippen LogP contribution in [0.15, 0.2) is 72.9 Å². The predicted molar refractivity (Wildman–Crippen MR) is 418 cm³/mol. The summed E-state index contributed by atoms with van der Waals surface area (Å²) in [6.45, 7) is 4.78. The van der Waals surface area contributed by atoms with E-state index in [0.717, 1.165) is 154 Å². The molecule has 0 saturated heterocycles. The maximum atomic E-state index is 13.1. The fourth-order valence-corrected chi connectivity index (χ4v) is 13.0. The standard InChI is InChI=1S/C83H150O17P2/c1-5-9-13-17-21-25-29-33-36-37-38-39-42-45-48-52-56-60-64-68-81(86)94-74-79(100-83(88)70-66-62-58-54-50-46-41-35-31-27-23-19-15-11-7-3)76-98-102(91,92)96-72-77(84)71-95-101(89,90)97-75-78(99-82(87)69-65-61-57-53-49-43-32-28-24-20-16-12-8-4)73-93-80(85)67-63-59-55-51-47-44-40-34-30-26-22-18-14-10-6-2/h11,15,21,23,25,27,33,35-36,38-39,41,77-79,84H,5-10,12-14,16-20,22,24,26,28-32,34,37,40,42-76H2,1-4H3,(H,89,90)(H,91,92)/b15-11-,25-21-,27-23-,36-33-,39-38-,41-35-. The Kier molecular flexibility index (Phi) is 73.1. The first-order valence-corrected chi connectivity index (χ1v) is 44.2. The van der Waals surface area contributed by atoms with Gasteiger partial charge >= 0.3 is 39.5 Å². The van der Waals surface area contributed by atoms with Gasteiger partial charge < -0.3 is 33.8 Å². The van der Waals surface area contributed by atoms with E-state index in [1.165, 1.54) is 141 Å². The van der Waals surface area contributed by atoms with Gasteiger partial charge in [0.05, 0.1) is 26.4 Å². The SMILES string of the molecule is CC/C=C\C/C=C\C/C=C\CCCCCCCC(=O)OC(COC(=O)CCCCCCCC/C=C\C/C=C\C/C=C\CCCCC)COP(=O)(O)OCC(O)COP(=O)(O)OCC(COC(=O)CCCCCCCCCCCCCCCCC)OC(=O)CCCCCCCCCCCCCCC. The van der Waals surface area contributed by atoms with Crippen molar-refractivity contribution < 1.29 is 80.2 Å². The number of carbonyl (C=O) groups is 4. The van der Waals surface area contributed by atoms with Crippen molar-refractivity contribution in [3.05, 3.63) is 72.9 Å². The van der Waals surface area contributed by atoms with E-state index in [1.54, 1.807) is 0 Å². The summed E-state index contributed by atoms with van der Waals surface area (Å²) in [5.41, 5.74) is 0. The highest BCUT2D eigenvalue weighted by atomic mass is 31.2. The number of unbranched alkanes of at least 4 members (excludes halogenated alkanes) is 40. The number of hydrogen-bond acceptors (Lipinski definition) is 15. The summed E-state index contributed by atoms with van der Waals surface area (Å²) in [7, 11) is -9.95. The van der Waals surface area contributed by atoms with Crippen LogP contribution >= 0.6 is 15.6 Å². The molecule has 0 aromatic rings. The molecule has 0 heterocycles. The Morgan fingerprint density at radius 3 is 0.804 bits per heavy atom. The van der Waals surface area contributed by atoms with Crippen LogP contribution in [0.5, 0.6) is 0 Å². The maximum Gasteiger partial charge on any atom is 0.472 e. The normalized spacial score (nSPS) is 14.2. The van der Waals surface area contributed by atoms with Gasteiger partial charge in [0, 0.05) is 25.7 Å². The van der Waals surface area contributed by atoms with Crippen molar-refractivity contribution >= 4 is 39.5 Å². The van der Waals surface area contributed by atoms with Crippen LogP contribution in [-0.4, -0.2) is 96.7 Å². The van der Waals surface area contributed by atoms with Gasteiger partial charge in [-0.25, -0.2) is 9.13 Å². The van der Waals surface area contributed by atoms with Gasteiger partial charge in [-0.3, -0.25) is 37.3 Å². The van der Waals surface area contributed by atoms with E-state index < -0.39 is 97.5 Å². The van der Waals surface area contributed by atoms with Crippen LogP contribution in [0.2, 0.25) is 0 Å². The minimum Gasteiger partial charge on any atom is -0.462 e. The number of phosphoric acid groups is 2. The van der Waals surface area contributed by atoms with Crippen molar-refractivity contribution in [3.63, 3.8) is 0 Å². The molecule has 0 rings (SSSR count). The fraction of sp³-hybridized carbons (Fsp3) is 0.807. The molecule has 0 bridgehead atoms. The molecule has 0 spiro atoms. The van der Waals surface area contributed by atoms with Crippen LogP contribution in [0.3, 0.4) is 0 Å². The highest BCUT2D eigenvalue weighted by molar-refractivity contribution is 7.47.